The molecule has 3 rings (SSSR count). The molecule has 10 heteroatoms. The first-order valence-corrected chi connectivity index (χ1v) is 9.19. The summed E-state index contributed by atoms with van der Waals surface area (Å²) in [5.74, 6) is -0.176. The van der Waals surface area contributed by atoms with Gasteiger partial charge in [-0.15, -0.1) is 0 Å². The third-order valence-electron chi connectivity index (χ3n) is 4.52. The fourth-order valence-corrected chi connectivity index (χ4v) is 2.96. The number of hydrogen-bond acceptors (Lipinski definition) is 6. The molecule has 0 amide bonds. The predicted octanol–water partition coefficient (Wildman–Crippen LogP) is 2.01. The number of carbonyl (C=O) groups is 1. The monoisotopic (exact) mass is 420 g/mol. The van der Waals surface area contributed by atoms with Crippen molar-refractivity contribution in [1.29, 1.82) is 0 Å². The minimum absolute atomic E-state index is 0.159. The summed E-state index contributed by atoms with van der Waals surface area (Å²) in [5, 5.41) is 0.550. The van der Waals surface area contributed by atoms with Crippen LogP contribution in [0.2, 0.25) is 5.02 Å². The van der Waals surface area contributed by atoms with Gasteiger partial charge in [0.2, 0.25) is 0 Å². The zero-order valence-electron chi connectivity index (χ0n) is 16.7. The Kier molecular flexibility index (Phi) is 5.27. The zero-order chi connectivity index (χ0) is 21.5. The fraction of sp³-hybridized carbons (Fsp3) is 0.368. The molecule has 0 spiro atoms. The van der Waals surface area contributed by atoms with Gasteiger partial charge in [-0.1, -0.05) is 11.6 Å². The van der Waals surface area contributed by atoms with E-state index >= 15 is 0 Å². The van der Waals surface area contributed by atoms with Crippen molar-refractivity contribution < 1.29 is 14.3 Å². The lowest BCUT2D eigenvalue weighted by Gasteiger charge is -2.26. The predicted molar refractivity (Wildman–Crippen MR) is 107 cm³/mol. The van der Waals surface area contributed by atoms with Gasteiger partial charge in [0.25, 0.3) is 5.56 Å². The Bertz CT molecular complexity index is 1190. The summed E-state index contributed by atoms with van der Waals surface area (Å²) in [7, 11) is 2.89. The van der Waals surface area contributed by atoms with Crippen LogP contribution < -0.4 is 16.0 Å². The van der Waals surface area contributed by atoms with Gasteiger partial charge in [0.15, 0.2) is 23.0 Å². The lowest BCUT2D eigenvalue weighted by Crippen LogP contribution is -2.41. The van der Waals surface area contributed by atoms with E-state index in [1.807, 2.05) is 0 Å². The van der Waals surface area contributed by atoms with Crippen LogP contribution in [0.1, 0.15) is 27.0 Å². The van der Waals surface area contributed by atoms with Gasteiger partial charge in [-0.05, 0) is 45.0 Å². The van der Waals surface area contributed by atoms with Crippen LogP contribution in [-0.4, -0.2) is 30.3 Å². The van der Waals surface area contributed by atoms with Crippen molar-refractivity contribution in [2.45, 2.75) is 32.6 Å². The molecule has 0 N–H and O–H groups in total. The maximum absolute atomic E-state index is 12.7. The van der Waals surface area contributed by atoms with E-state index < -0.39 is 29.0 Å². The highest BCUT2D eigenvalue weighted by Gasteiger charge is 2.34. The summed E-state index contributed by atoms with van der Waals surface area (Å²) in [6.45, 7) is 4.75. The number of aromatic nitrogens is 4. The van der Waals surface area contributed by atoms with Crippen LogP contribution >= 0.6 is 11.6 Å². The number of carbonyl (C=O) groups excluding carboxylic acids is 1. The number of benzene rings is 1. The van der Waals surface area contributed by atoms with Gasteiger partial charge in [0.05, 0.1) is 0 Å². The molecule has 0 saturated heterocycles. The highest BCUT2D eigenvalue weighted by Crippen LogP contribution is 2.24. The first-order valence-electron chi connectivity index (χ1n) is 8.81. The smallest absolute Gasteiger partial charge is 0.351 e. The van der Waals surface area contributed by atoms with Crippen molar-refractivity contribution in [2.75, 3.05) is 0 Å². The second kappa shape index (κ2) is 7.40. The molecule has 0 aliphatic carbocycles. The van der Waals surface area contributed by atoms with E-state index in [1.54, 1.807) is 45.0 Å². The summed E-state index contributed by atoms with van der Waals surface area (Å²) in [6, 6.07) is 6.60. The van der Waals surface area contributed by atoms with Crippen LogP contribution in [0.3, 0.4) is 0 Å². The maximum atomic E-state index is 12.7. The lowest BCUT2D eigenvalue weighted by atomic mass is 10.1. The lowest BCUT2D eigenvalue weighted by molar-refractivity contribution is -0.168. The van der Waals surface area contributed by atoms with Crippen molar-refractivity contribution in [3.8, 4) is 5.75 Å². The Labute approximate surface area is 171 Å². The van der Waals surface area contributed by atoms with Crippen molar-refractivity contribution in [3.63, 3.8) is 0 Å². The van der Waals surface area contributed by atoms with Gasteiger partial charge < -0.3 is 9.47 Å². The third kappa shape index (κ3) is 3.77. The molecule has 0 bridgehead atoms. The van der Waals surface area contributed by atoms with Gasteiger partial charge in [0, 0.05) is 19.1 Å². The van der Waals surface area contributed by atoms with Crippen LogP contribution in [0.25, 0.3) is 11.2 Å². The number of hydrogen-bond donors (Lipinski definition) is 0. The van der Waals surface area contributed by atoms with E-state index in [0.717, 1.165) is 4.57 Å². The minimum atomic E-state index is -1.30. The SMILES string of the molecule is CC(OC(=O)C(C)(C)Oc1ccc(Cl)cc1)n1cnc2c1c(=O)n(C)c(=O)n2C. The fourth-order valence-electron chi connectivity index (χ4n) is 2.83. The maximum Gasteiger partial charge on any atom is 0.351 e. The minimum Gasteiger partial charge on any atom is -0.476 e. The number of nitrogens with zero attached hydrogens (tertiary/aromatic N) is 4. The van der Waals surface area contributed by atoms with E-state index in [9.17, 15) is 14.4 Å². The van der Waals surface area contributed by atoms with Gasteiger partial charge >= 0.3 is 11.7 Å². The van der Waals surface area contributed by atoms with E-state index in [4.69, 9.17) is 21.1 Å². The standard InChI is InChI=1S/C19H21ClN4O5/c1-11(24-10-21-15-14(24)16(25)23(5)18(27)22(15)4)28-17(26)19(2,3)29-13-8-6-12(20)7-9-13/h6-11H,1-5H3. The summed E-state index contributed by atoms with van der Waals surface area (Å²) in [4.78, 5) is 41.4. The second-order valence-corrected chi connectivity index (χ2v) is 7.54. The third-order valence-corrected chi connectivity index (χ3v) is 4.77. The molecule has 154 valence electrons. The van der Waals surface area contributed by atoms with E-state index in [-0.39, 0.29) is 11.2 Å². The topological polar surface area (TPSA) is 97.3 Å². The Hall–Kier alpha value is -3.07. The Morgan fingerprint density at radius 2 is 1.76 bits per heavy atom. The van der Waals surface area contributed by atoms with Crippen LogP contribution in [-0.2, 0) is 23.6 Å². The van der Waals surface area contributed by atoms with Crippen LogP contribution in [0.15, 0.2) is 40.2 Å². The average molecular weight is 421 g/mol. The number of halogens is 1. The number of ether oxygens (including phenoxy) is 2. The molecule has 3 aromatic rings. The van der Waals surface area contributed by atoms with Gasteiger partial charge in [-0.3, -0.25) is 18.5 Å². The number of esters is 1. The van der Waals surface area contributed by atoms with Crippen molar-refractivity contribution in [2.24, 2.45) is 14.1 Å². The molecular weight excluding hydrogens is 400 g/mol. The van der Waals surface area contributed by atoms with Crippen LogP contribution in [0.5, 0.6) is 5.75 Å². The largest absolute Gasteiger partial charge is 0.476 e. The summed E-state index contributed by atoms with van der Waals surface area (Å²) < 4.78 is 14.9. The first kappa shape index (κ1) is 20.7. The zero-order valence-corrected chi connectivity index (χ0v) is 17.4. The number of rotatable bonds is 5. The average Bonchev–Trinajstić information content (AvgIpc) is 3.11. The van der Waals surface area contributed by atoms with Crippen LogP contribution in [0.4, 0.5) is 0 Å². The molecule has 1 unspecified atom stereocenters. The van der Waals surface area contributed by atoms with E-state index in [1.165, 1.54) is 29.6 Å². The number of fused-ring (bicyclic) bond motifs is 1. The van der Waals surface area contributed by atoms with E-state index in [0.29, 0.717) is 10.8 Å². The Morgan fingerprint density at radius 3 is 2.38 bits per heavy atom. The van der Waals surface area contributed by atoms with Gasteiger partial charge in [-0.2, -0.15) is 0 Å². The molecule has 9 nitrogen and oxygen atoms in total. The van der Waals surface area contributed by atoms with E-state index in [2.05, 4.69) is 4.98 Å². The molecule has 29 heavy (non-hydrogen) atoms. The molecule has 1 atom stereocenters. The molecule has 0 saturated carbocycles. The Morgan fingerprint density at radius 1 is 1.14 bits per heavy atom. The molecule has 1 aromatic carbocycles. The first-order chi connectivity index (χ1) is 13.5. The molecule has 2 aromatic heterocycles. The number of aryl methyl sites for hydroxylation is 1. The normalized spacial score (nSPS) is 12.8. The van der Waals surface area contributed by atoms with Crippen LogP contribution in [0, 0.1) is 0 Å². The van der Waals surface area contributed by atoms with Gasteiger partial charge in [-0.25, -0.2) is 14.6 Å². The Balaban J connectivity index is 1.87. The highest BCUT2D eigenvalue weighted by molar-refractivity contribution is 6.30. The van der Waals surface area contributed by atoms with Crippen molar-refractivity contribution in [1.82, 2.24) is 18.7 Å². The molecule has 0 radical (unpaired) electrons. The van der Waals surface area contributed by atoms with Gasteiger partial charge in [0.1, 0.15) is 12.1 Å². The van der Waals surface area contributed by atoms with Crippen molar-refractivity contribution in [3.05, 3.63) is 56.5 Å². The molecule has 2 heterocycles. The summed E-state index contributed by atoms with van der Waals surface area (Å²) in [6.07, 6.45) is 0.502. The molecule has 0 aliphatic rings. The van der Waals surface area contributed by atoms with Crippen molar-refractivity contribution >= 4 is 28.7 Å². The number of imidazole rings is 1. The molecular formula is C19H21ClN4O5. The highest BCUT2D eigenvalue weighted by atomic mass is 35.5. The molecule has 0 fully saturated rings. The summed E-state index contributed by atoms with van der Waals surface area (Å²) in [5.41, 5.74) is -1.95. The quantitative estimate of drug-likeness (QED) is 0.585. The molecule has 0 aliphatic heterocycles. The second-order valence-electron chi connectivity index (χ2n) is 7.10. The summed E-state index contributed by atoms with van der Waals surface area (Å²) >= 11 is 5.86.